The van der Waals surface area contributed by atoms with Gasteiger partial charge in [0.05, 0.1) is 13.2 Å². The summed E-state index contributed by atoms with van der Waals surface area (Å²) in [6, 6.07) is 0. The van der Waals surface area contributed by atoms with Crippen LogP contribution in [0.3, 0.4) is 0 Å². The molecule has 0 spiro atoms. The molecule has 0 atom stereocenters. The van der Waals surface area contributed by atoms with Crippen LogP contribution >= 0.6 is 0 Å². The van der Waals surface area contributed by atoms with E-state index >= 15 is 0 Å². The summed E-state index contributed by atoms with van der Waals surface area (Å²) in [6.45, 7) is 17.0. The van der Waals surface area contributed by atoms with Gasteiger partial charge in [0.1, 0.15) is 18.1 Å². The molecule has 8 nitrogen and oxygen atoms in total. The molecule has 32 heavy (non-hydrogen) atoms. The quantitative estimate of drug-likeness (QED) is 0.626. The molecule has 2 N–H and O–H groups in total. The standard InChI is InChI=1S/C24H42N2O6/c1-21(2)9-16(10-22(3,4)25-21)31-18(27)15-13-29-20(30-14-15)19(28)32-17-11-23(5,6)26-24(7,8)12-17/h15-17,20,25-26H,9-14H2,1-8H3. The minimum absolute atomic E-state index is 0.0829. The van der Waals surface area contributed by atoms with E-state index in [0.29, 0.717) is 12.8 Å². The Kier molecular flexibility index (Phi) is 7.03. The van der Waals surface area contributed by atoms with Crippen molar-refractivity contribution in [1.29, 1.82) is 0 Å². The van der Waals surface area contributed by atoms with Gasteiger partial charge in [-0.1, -0.05) is 0 Å². The molecular weight excluding hydrogens is 412 g/mol. The molecule has 0 amide bonds. The van der Waals surface area contributed by atoms with Crippen LogP contribution in [0, 0.1) is 5.92 Å². The van der Waals surface area contributed by atoms with Crippen molar-refractivity contribution in [1.82, 2.24) is 10.6 Å². The third kappa shape index (κ3) is 6.89. The van der Waals surface area contributed by atoms with Crippen molar-refractivity contribution in [3.05, 3.63) is 0 Å². The highest BCUT2D eigenvalue weighted by Gasteiger charge is 2.43. The summed E-state index contributed by atoms with van der Waals surface area (Å²) in [7, 11) is 0. The minimum atomic E-state index is -1.10. The fourth-order valence-corrected chi connectivity index (χ4v) is 5.88. The van der Waals surface area contributed by atoms with E-state index in [0.717, 1.165) is 12.8 Å². The first-order chi connectivity index (χ1) is 14.5. The highest BCUT2D eigenvalue weighted by Crippen LogP contribution is 2.32. The lowest BCUT2D eigenvalue weighted by Gasteiger charge is -2.46. The summed E-state index contributed by atoms with van der Waals surface area (Å²) in [5.74, 6) is -1.41. The van der Waals surface area contributed by atoms with Gasteiger partial charge >= 0.3 is 11.9 Å². The first-order valence-electron chi connectivity index (χ1n) is 11.8. The molecule has 0 unspecified atom stereocenters. The molecule has 0 aromatic carbocycles. The highest BCUT2D eigenvalue weighted by atomic mass is 16.7. The van der Waals surface area contributed by atoms with Gasteiger partial charge in [-0.25, -0.2) is 4.79 Å². The maximum Gasteiger partial charge on any atom is 0.363 e. The number of esters is 2. The van der Waals surface area contributed by atoms with Crippen molar-refractivity contribution in [2.45, 2.75) is 122 Å². The second-order valence-corrected chi connectivity index (χ2v) is 12.4. The number of rotatable bonds is 4. The molecule has 3 fully saturated rings. The van der Waals surface area contributed by atoms with Gasteiger partial charge in [-0.3, -0.25) is 4.79 Å². The van der Waals surface area contributed by atoms with E-state index in [-0.39, 0.29) is 53.5 Å². The average molecular weight is 455 g/mol. The lowest BCUT2D eigenvalue weighted by Crippen LogP contribution is -2.60. The summed E-state index contributed by atoms with van der Waals surface area (Å²) in [5, 5.41) is 7.15. The molecule has 184 valence electrons. The zero-order chi connectivity index (χ0) is 23.9. The molecule has 0 saturated carbocycles. The Bertz CT molecular complexity index is 617. The Labute approximate surface area is 192 Å². The van der Waals surface area contributed by atoms with Gasteiger partial charge in [0.2, 0.25) is 0 Å². The van der Waals surface area contributed by atoms with Crippen LogP contribution in [-0.4, -0.2) is 65.8 Å². The summed E-state index contributed by atoms with van der Waals surface area (Å²) in [4.78, 5) is 25.3. The second kappa shape index (κ2) is 8.85. The number of nitrogens with one attached hydrogen (secondary N) is 2. The predicted octanol–water partition coefficient (Wildman–Crippen LogP) is 2.68. The Morgan fingerprint density at radius 2 is 1.00 bits per heavy atom. The zero-order valence-electron chi connectivity index (χ0n) is 21.0. The smallest absolute Gasteiger partial charge is 0.363 e. The first-order valence-corrected chi connectivity index (χ1v) is 11.8. The fourth-order valence-electron chi connectivity index (χ4n) is 5.88. The Morgan fingerprint density at radius 1 is 0.656 bits per heavy atom. The third-order valence-corrected chi connectivity index (χ3v) is 6.29. The van der Waals surface area contributed by atoms with Crippen LogP contribution in [0.25, 0.3) is 0 Å². The molecule has 8 heteroatoms. The van der Waals surface area contributed by atoms with Crippen LogP contribution < -0.4 is 10.6 Å². The lowest BCUT2D eigenvalue weighted by atomic mass is 9.81. The van der Waals surface area contributed by atoms with E-state index in [2.05, 4.69) is 66.0 Å². The van der Waals surface area contributed by atoms with Gasteiger partial charge in [0.15, 0.2) is 0 Å². The molecule has 0 radical (unpaired) electrons. The first kappa shape index (κ1) is 25.4. The summed E-state index contributed by atoms with van der Waals surface area (Å²) in [5.41, 5.74) is -0.487. The van der Waals surface area contributed by atoms with Gasteiger partial charge in [-0.2, -0.15) is 0 Å². The van der Waals surface area contributed by atoms with Gasteiger partial charge in [-0.05, 0) is 55.4 Å². The van der Waals surface area contributed by atoms with Crippen molar-refractivity contribution < 1.29 is 28.5 Å². The Balaban J connectivity index is 1.47. The maximum absolute atomic E-state index is 12.7. The molecule has 3 rings (SSSR count). The van der Waals surface area contributed by atoms with Crippen molar-refractivity contribution in [3.63, 3.8) is 0 Å². The largest absolute Gasteiger partial charge is 0.462 e. The number of piperidine rings is 2. The Hall–Kier alpha value is -1.22. The molecule has 3 aliphatic rings. The monoisotopic (exact) mass is 454 g/mol. The van der Waals surface area contributed by atoms with Crippen LogP contribution in [-0.2, 0) is 28.5 Å². The topological polar surface area (TPSA) is 95.1 Å². The van der Waals surface area contributed by atoms with Crippen LogP contribution in [0.4, 0.5) is 0 Å². The number of ether oxygens (including phenoxy) is 4. The number of hydrogen-bond acceptors (Lipinski definition) is 8. The predicted molar refractivity (Wildman–Crippen MR) is 120 cm³/mol. The van der Waals surface area contributed by atoms with Crippen molar-refractivity contribution >= 4 is 11.9 Å². The van der Waals surface area contributed by atoms with E-state index in [1.165, 1.54) is 0 Å². The summed E-state index contributed by atoms with van der Waals surface area (Å²) >= 11 is 0. The maximum atomic E-state index is 12.7. The molecule has 3 heterocycles. The fraction of sp³-hybridized carbons (Fsp3) is 0.917. The molecule has 3 saturated heterocycles. The van der Waals surface area contributed by atoms with Crippen LogP contribution in [0.15, 0.2) is 0 Å². The molecule has 0 aliphatic carbocycles. The minimum Gasteiger partial charge on any atom is -0.462 e. The number of carbonyl (C=O) groups excluding carboxylic acids is 2. The normalized spacial score (nSPS) is 32.1. The molecule has 0 aromatic heterocycles. The van der Waals surface area contributed by atoms with E-state index in [4.69, 9.17) is 18.9 Å². The number of carbonyl (C=O) groups is 2. The second-order valence-electron chi connectivity index (χ2n) is 12.4. The van der Waals surface area contributed by atoms with Crippen LogP contribution in [0.2, 0.25) is 0 Å². The molecule has 3 aliphatic heterocycles. The third-order valence-electron chi connectivity index (χ3n) is 6.29. The van der Waals surface area contributed by atoms with Crippen LogP contribution in [0.5, 0.6) is 0 Å². The van der Waals surface area contributed by atoms with E-state index < -0.39 is 18.2 Å². The SMILES string of the molecule is CC1(C)CC(OC(=O)C2COC(C(=O)OC3CC(C)(C)NC(C)(C)C3)OC2)CC(C)(C)N1. The molecule has 0 aromatic rings. The van der Waals surface area contributed by atoms with Gasteiger partial charge in [-0.15, -0.1) is 0 Å². The molecular formula is C24H42N2O6. The van der Waals surface area contributed by atoms with Gasteiger partial charge < -0.3 is 29.6 Å². The lowest BCUT2D eigenvalue weighted by molar-refractivity contribution is -0.231. The van der Waals surface area contributed by atoms with Gasteiger partial charge in [0.25, 0.3) is 6.29 Å². The van der Waals surface area contributed by atoms with E-state index in [1.807, 2.05) is 0 Å². The summed E-state index contributed by atoms with van der Waals surface area (Å²) in [6.07, 6.45) is 1.44. The summed E-state index contributed by atoms with van der Waals surface area (Å²) < 4.78 is 22.6. The molecule has 0 bridgehead atoms. The Morgan fingerprint density at radius 3 is 1.38 bits per heavy atom. The van der Waals surface area contributed by atoms with E-state index in [1.54, 1.807) is 0 Å². The van der Waals surface area contributed by atoms with E-state index in [9.17, 15) is 9.59 Å². The number of hydrogen-bond donors (Lipinski definition) is 2. The van der Waals surface area contributed by atoms with Crippen molar-refractivity contribution in [2.24, 2.45) is 5.92 Å². The van der Waals surface area contributed by atoms with Gasteiger partial charge in [0, 0.05) is 47.8 Å². The van der Waals surface area contributed by atoms with Crippen molar-refractivity contribution in [3.8, 4) is 0 Å². The van der Waals surface area contributed by atoms with Crippen molar-refractivity contribution in [2.75, 3.05) is 13.2 Å². The van der Waals surface area contributed by atoms with Crippen LogP contribution in [0.1, 0.15) is 81.1 Å². The average Bonchev–Trinajstić information content (AvgIpc) is 2.56. The zero-order valence-corrected chi connectivity index (χ0v) is 21.0. The highest BCUT2D eigenvalue weighted by molar-refractivity contribution is 5.75.